The lowest BCUT2D eigenvalue weighted by atomic mass is 10.2. The molecule has 78 valence electrons. The first-order chi connectivity index (χ1) is 6.75. The number of pyridine rings is 1. The van der Waals surface area contributed by atoms with E-state index in [4.69, 9.17) is 0 Å². The molecule has 0 unspecified atom stereocenters. The highest BCUT2D eigenvalue weighted by molar-refractivity contribution is 7.97. The Kier molecular flexibility index (Phi) is 6.84. The number of hydrogen-bond acceptors (Lipinski definition) is 3. The summed E-state index contributed by atoms with van der Waals surface area (Å²) in [6, 6.07) is 3.67. The fourth-order valence-electron chi connectivity index (χ4n) is 0.864. The van der Waals surface area contributed by atoms with Crippen molar-refractivity contribution in [2.24, 2.45) is 0 Å². The van der Waals surface area contributed by atoms with E-state index in [1.165, 1.54) is 11.9 Å². The van der Waals surface area contributed by atoms with Gasteiger partial charge in [-0.15, -0.1) is 0 Å². The molecule has 0 fully saturated rings. The number of nitrogens with one attached hydrogen (secondary N) is 1. The van der Waals surface area contributed by atoms with E-state index in [0.717, 1.165) is 5.56 Å². The molecule has 0 aromatic carbocycles. The number of carbonyl (C=O) groups is 1. The van der Waals surface area contributed by atoms with Crippen molar-refractivity contribution in [3.05, 3.63) is 29.6 Å². The Balaban J connectivity index is 0.000000791. The molecule has 0 aliphatic carbocycles. The molecule has 0 atom stereocenters. The summed E-state index contributed by atoms with van der Waals surface area (Å²) in [5.41, 5.74) is 1.39. The number of aromatic nitrogens is 1. The van der Waals surface area contributed by atoms with Crippen molar-refractivity contribution in [1.29, 1.82) is 0 Å². The number of aryl methyl sites for hydroxylation is 1. The van der Waals surface area contributed by atoms with Gasteiger partial charge in [0.2, 0.25) is 0 Å². The normalized spacial score (nSPS) is 8.57. The Hall–Kier alpha value is -1.03. The first-order valence-corrected chi connectivity index (χ1v) is 5.73. The molecule has 0 bridgehead atoms. The van der Waals surface area contributed by atoms with Crippen molar-refractivity contribution in [2.45, 2.75) is 20.8 Å². The van der Waals surface area contributed by atoms with Gasteiger partial charge in [0.05, 0.1) is 0 Å². The van der Waals surface area contributed by atoms with Gasteiger partial charge in [0.15, 0.2) is 0 Å². The van der Waals surface area contributed by atoms with Gasteiger partial charge in [-0.2, -0.15) is 0 Å². The van der Waals surface area contributed by atoms with Gasteiger partial charge in [0.1, 0.15) is 5.69 Å². The molecule has 0 aliphatic rings. The maximum atomic E-state index is 11.3. The first kappa shape index (κ1) is 13.0. The summed E-state index contributed by atoms with van der Waals surface area (Å²) in [5.74, 6) is -0.138. The number of amides is 1. The number of rotatable bonds is 2. The summed E-state index contributed by atoms with van der Waals surface area (Å²) in [6.45, 7) is 5.86. The molecule has 1 aromatic rings. The molecule has 0 aliphatic heterocycles. The zero-order valence-electron chi connectivity index (χ0n) is 9.00. The van der Waals surface area contributed by atoms with E-state index in [1.807, 2.05) is 32.9 Å². The van der Waals surface area contributed by atoms with Crippen LogP contribution in [0.1, 0.15) is 29.9 Å². The molecule has 0 spiro atoms. The largest absolute Gasteiger partial charge is 0.295 e. The number of hydrogen-bond donors (Lipinski definition) is 1. The highest BCUT2D eigenvalue weighted by Crippen LogP contribution is 2.03. The lowest BCUT2D eigenvalue weighted by molar-refractivity contribution is 0.0979. The average Bonchev–Trinajstić information content (AvgIpc) is 2.22. The van der Waals surface area contributed by atoms with Crippen molar-refractivity contribution in [3.8, 4) is 0 Å². The minimum Gasteiger partial charge on any atom is -0.295 e. The van der Waals surface area contributed by atoms with Crippen molar-refractivity contribution in [2.75, 3.05) is 6.26 Å². The minimum absolute atomic E-state index is 0.138. The zero-order valence-corrected chi connectivity index (χ0v) is 9.81. The molecule has 0 radical (unpaired) electrons. The molecule has 1 rings (SSSR count). The zero-order chi connectivity index (χ0) is 11.0. The maximum Gasteiger partial charge on any atom is 0.279 e. The Morgan fingerprint density at radius 1 is 1.50 bits per heavy atom. The van der Waals surface area contributed by atoms with E-state index in [2.05, 4.69) is 9.71 Å². The van der Waals surface area contributed by atoms with Gasteiger partial charge < -0.3 is 0 Å². The predicted molar refractivity (Wildman–Crippen MR) is 61.3 cm³/mol. The fraction of sp³-hybridized carbons (Fsp3) is 0.400. The standard InChI is InChI=1S/C8H10N2OS.C2H6/c1-6-4-3-5-9-7(6)8(11)10-12-2;1-2/h3-5H,1-2H3,(H,10,11);1-2H3. The van der Waals surface area contributed by atoms with E-state index >= 15 is 0 Å². The molecule has 4 heteroatoms. The fourth-order valence-corrected chi connectivity index (χ4v) is 1.15. The second kappa shape index (κ2) is 7.38. The predicted octanol–water partition coefficient (Wildman–Crippen LogP) is 2.42. The molecular formula is C10H16N2OS. The third-order valence-electron chi connectivity index (χ3n) is 1.42. The van der Waals surface area contributed by atoms with Crippen LogP contribution in [0.25, 0.3) is 0 Å². The topological polar surface area (TPSA) is 42.0 Å². The van der Waals surface area contributed by atoms with E-state index < -0.39 is 0 Å². The lowest BCUT2D eigenvalue weighted by Crippen LogP contribution is -2.17. The SMILES string of the molecule is CC.CSNC(=O)c1ncccc1C. The molecule has 1 N–H and O–H groups in total. The molecule has 14 heavy (non-hydrogen) atoms. The van der Waals surface area contributed by atoms with E-state index in [-0.39, 0.29) is 5.91 Å². The molecule has 0 saturated carbocycles. The van der Waals surface area contributed by atoms with Crippen molar-refractivity contribution in [3.63, 3.8) is 0 Å². The van der Waals surface area contributed by atoms with Crippen LogP contribution < -0.4 is 4.72 Å². The monoisotopic (exact) mass is 212 g/mol. The molecule has 3 nitrogen and oxygen atoms in total. The third-order valence-corrected chi connectivity index (χ3v) is 1.81. The van der Waals surface area contributed by atoms with Crippen LogP contribution in [0.15, 0.2) is 18.3 Å². The smallest absolute Gasteiger partial charge is 0.279 e. The first-order valence-electron chi connectivity index (χ1n) is 4.50. The summed E-state index contributed by atoms with van der Waals surface area (Å²) in [5, 5.41) is 0. The third kappa shape index (κ3) is 3.79. The van der Waals surface area contributed by atoms with Gasteiger partial charge in [-0.1, -0.05) is 31.9 Å². The van der Waals surface area contributed by atoms with Crippen LogP contribution in [0.5, 0.6) is 0 Å². The highest BCUT2D eigenvalue weighted by atomic mass is 32.2. The van der Waals surface area contributed by atoms with Crippen LogP contribution in [-0.2, 0) is 0 Å². The highest BCUT2D eigenvalue weighted by Gasteiger charge is 2.07. The molecule has 0 saturated heterocycles. The van der Waals surface area contributed by atoms with Gasteiger partial charge >= 0.3 is 0 Å². The summed E-state index contributed by atoms with van der Waals surface area (Å²) >= 11 is 1.27. The Bertz CT molecular complexity index is 289. The van der Waals surface area contributed by atoms with Crippen LogP contribution in [0, 0.1) is 6.92 Å². The molecule has 1 aromatic heterocycles. The van der Waals surface area contributed by atoms with Crippen molar-refractivity contribution < 1.29 is 4.79 Å². The van der Waals surface area contributed by atoms with E-state index in [1.54, 1.807) is 12.5 Å². The lowest BCUT2D eigenvalue weighted by Gasteiger charge is -2.02. The van der Waals surface area contributed by atoms with Crippen LogP contribution in [-0.4, -0.2) is 17.1 Å². The summed E-state index contributed by atoms with van der Waals surface area (Å²) < 4.78 is 2.62. The number of carbonyl (C=O) groups excluding carboxylic acids is 1. The van der Waals surface area contributed by atoms with E-state index in [0.29, 0.717) is 5.69 Å². The van der Waals surface area contributed by atoms with Gasteiger partial charge in [0.25, 0.3) is 5.91 Å². The second-order valence-electron chi connectivity index (χ2n) is 2.30. The van der Waals surface area contributed by atoms with Gasteiger partial charge in [0, 0.05) is 12.5 Å². The Morgan fingerprint density at radius 2 is 2.14 bits per heavy atom. The summed E-state index contributed by atoms with van der Waals surface area (Å²) in [4.78, 5) is 15.2. The van der Waals surface area contributed by atoms with E-state index in [9.17, 15) is 4.79 Å². The Labute approximate surface area is 89.5 Å². The van der Waals surface area contributed by atoms with Gasteiger partial charge in [-0.25, -0.2) is 0 Å². The van der Waals surface area contributed by atoms with Crippen molar-refractivity contribution >= 4 is 17.9 Å². The van der Waals surface area contributed by atoms with Gasteiger partial charge in [-0.05, 0) is 18.6 Å². The number of nitrogens with zero attached hydrogens (tertiary/aromatic N) is 1. The second-order valence-corrected chi connectivity index (χ2v) is 2.92. The minimum atomic E-state index is -0.138. The molecule has 1 amide bonds. The van der Waals surface area contributed by atoms with Crippen molar-refractivity contribution in [1.82, 2.24) is 9.71 Å². The maximum absolute atomic E-state index is 11.3. The van der Waals surface area contributed by atoms with Crippen LogP contribution in [0.2, 0.25) is 0 Å². The molecular weight excluding hydrogens is 196 g/mol. The summed E-state index contributed by atoms with van der Waals surface area (Å²) in [7, 11) is 0. The van der Waals surface area contributed by atoms with Crippen LogP contribution in [0.4, 0.5) is 0 Å². The van der Waals surface area contributed by atoms with Crippen LogP contribution >= 0.6 is 11.9 Å². The van der Waals surface area contributed by atoms with Gasteiger partial charge in [-0.3, -0.25) is 14.5 Å². The quantitative estimate of drug-likeness (QED) is 0.765. The average molecular weight is 212 g/mol. The Morgan fingerprint density at radius 3 is 2.64 bits per heavy atom. The summed E-state index contributed by atoms with van der Waals surface area (Å²) in [6.07, 6.45) is 3.42. The molecule has 1 heterocycles. The van der Waals surface area contributed by atoms with Crippen LogP contribution in [0.3, 0.4) is 0 Å².